The van der Waals surface area contributed by atoms with Crippen molar-refractivity contribution in [3.63, 3.8) is 0 Å². The van der Waals surface area contributed by atoms with Gasteiger partial charge in [-0.3, -0.25) is 24.1 Å². The van der Waals surface area contributed by atoms with Crippen LogP contribution in [-0.2, 0) is 33.5 Å². The molecular weight excluding hydrogens is 545 g/mol. The quantitative estimate of drug-likeness (QED) is 0.270. The summed E-state index contributed by atoms with van der Waals surface area (Å²) in [5, 5.41) is 6.20. The van der Waals surface area contributed by atoms with E-state index in [0.717, 1.165) is 18.2 Å². The van der Waals surface area contributed by atoms with Gasteiger partial charge < -0.3 is 19.7 Å². The Morgan fingerprint density at radius 3 is 1.76 bits per heavy atom. The lowest BCUT2D eigenvalue weighted by Gasteiger charge is -2.50. The number of β-lactam (4-membered cyclic amide) rings is 2. The first kappa shape index (κ1) is 29.1. The summed E-state index contributed by atoms with van der Waals surface area (Å²) in [6, 6.07) is -1.000. The fourth-order valence-electron chi connectivity index (χ4n) is 4.91. The van der Waals surface area contributed by atoms with Gasteiger partial charge in [0.1, 0.15) is 29.2 Å². The van der Waals surface area contributed by atoms with Crippen LogP contribution in [0.2, 0.25) is 0 Å². The molecule has 2 N–H and O–H groups in total. The number of Topliss-reactive ketones (excluding diaryl/α,β-unsaturated/α-hetero) is 2. The van der Waals surface area contributed by atoms with Crippen LogP contribution in [-0.4, -0.2) is 85.4 Å². The maximum atomic E-state index is 12.4. The Kier molecular flexibility index (Phi) is 8.13. The van der Waals surface area contributed by atoms with Gasteiger partial charge in [-0.25, -0.2) is 0 Å². The fourth-order valence-corrected chi connectivity index (χ4v) is 5.76. The van der Waals surface area contributed by atoms with Crippen molar-refractivity contribution in [2.24, 2.45) is 0 Å². The Balaban J connectivity index is 0.000000220. The molecule has 37 heavy (non-hydrogen) atoms. The number of amides is 2. The van der Waals surface area contributed by atoms with Gasteiger partial charge in [-0.05, 0) is 33.4 Å². The van der Waals surface area contributed by atoms with Gasteiger partial charge in [-0.15, -0.1) is 0 Å². The maximum absolute atomic E-state index is 12.4. The van der Waals surface area contributed by atoms with Gasteiger partial charge in [0.05, 0.1) is 12.1 Å². The lowest BCUT2D eigenvalue weighted by Crippen LogP contribution is -2.70. The van der Waals surface area contributed by atoms with Crippen LogP contribution in [0.5, 0.6) is 0 Å². The van der Waals surface area contributed by atoms with Crippen LogP contribution < -0.4 is 10.6 Å². The molecule has 2 saturated heterocycles. The number of allylic oxidation sites excluding steroid dienone is 4. The fraction of sp³-hybridized carbons (Fsp3) is 0.619. The average Bonchev–Trinajstić information content (AvgIpc) is 2.79. The third kappa shape index (κ3) is 5.01. The summed E-state index contributed by atoms with van der Waals surface area (Å²) < 4.78 is 63.4. The molecule has 0 radical (unpaired) electrons. The van der Waals surface area contributed by atoms with Gasteiger partial charge in [0, 0.05) is 25.3 Å². The molecule has 4 atom stereocenters. The molecule has 4 heterocycles. The van der Waals surface area contributed by atoms with E-state index in [1.165, 1.54) is 18.9 Å². The van der Waals surface area contributed by atoms with E-state index >= 15 is 0 Å². The largest absolute Gasteiger partial charge is 0.534 e. The number of hydrogen-bond acceptors (Lipinski definition) is 9. The van der Waals surface area contributed by atoms with Crippen molar-refractivity contribution in [1.29, 1.82) is 0 Å². The highest BCUT2D eigenvalue weighted by Gasteiger charge is 2.55. The van der Waals surface area contributed by atoms with E-state index in [1.54, 1.807) is 7.05 Å². The van der Waals surface area contributed by atoms with Crippen LogP contribution in [0, 0.1) is 0 Å². The summed E-state index contributed by atoms with van der Waals surface area (Å²) in [5.74, 6) is -2.08. The van der Waals surface area contributed by atoms with E-state index in [4.69, 9.17) is 11.6 Å². The summed E-state index contributed by atoms with van der Waals surface area (Å²) in [6.45, 7) is 2.47. The second kappa shape index (κ2) is 10.3. The van der Waals surface area contributed by atoms with Crippen molar-refractivity contribution in [2.75, 3.05) is 14.1 Å². The third-order valence-corrected chi connectivity index (χ3v) is 7.91. The van der Waals surface area contributed by atoms with Gasteiger partial charge >= 0.3 is 15.6 Å². The number of ketones is 2. The second-order valence-electron chi connectivity index (χ2n) is 8.78. The Hall–Kier alpha value is -2.49. The number of carbonyl (C=O) groups is 4. The minimum atomic E-state index is -5.88. The molecule has 0 aliphatic carbocycles. The van der Waals surface area contributed by atoms with E-state index < -0.39 is 50.9 Å². The average molecular weight is 571 g/mol. The number of likely N-dealkylation sites (N-methyl/N-ethyl adjacent to an activating group) is 2. The predicted molar refractivity (Wildman–Crippen MR) is 123 cm³/mol. The summed E-state index contributed by atoms with van der Waals surface area (Å²) in [7, 11) is -2.58. The highest BCUT2D eigenvalue weighted by atomic mass is 35.5. The van der Waals surface area contributed by atoms with E-state index in [2.05, 4.69) is 14.8 Å². The van der Waals surface area contributed by atoms with Crippen LogP contribution in [0.25, 0.3) is 0 Å². The molecule has 16 heteroatoms. The van der Waals surface area contributed by atoms with E-state index in [1.807, 2.05) is 0 Å². The smallest absolute Gasteiger partial charge is 0.378 e. The van der Waals surface area contributed by atoms with Crippen molar-refractivity contribution in [2.45, 2.75) is 69.2 Å². The number of hydrogen-bond donors (Lipinski definition) is 2. The molecule has 0 bridgehead atoms. The van der Waals surface area contributed by atoms with Crippen LogP contribution in [0.3, 0.4) is 0 Å². The van der Waals surface area contributed by atoms with Crippen molar-refractivity contribution < 1.29 is 45.0 Å². The molecular formula is C21H26ClF3N4O7S. The second-order valence-corrected chi connectivity index (χ2v) is 10.8. The molecule has 0 aromatic rings. The van der Waals surface area contributed by atoms with Gasteiger partial charge in [-0.1, -0.05) is 11.6 Å². The predicted octanol–water partition coefficient (Wildman–Crippen LogP) is 0.864. The van der Waals surface area contributed by atoms with Gasteiger partial charge in [0.25, 0.3) is 0 Å². The summed E-state index contributed by atoms with van der Waals surface area (Å²) >= 11 is 5.97. The van der Waals surface area contributed by atoms with Crippen LogP contribution in [0.1, 0.15) is 39.5 Å². The molecule has 0 saturated carbocycles. The van der Waals surface area contributed by atoms with Crippen molar-refractivity contribution >= 4 is 45.1 Å². The number of rotatable bonds is 6. The molecule has 2 unspecified atom stereocenters. The van der Waals surface area contributed by atoms with Gasteiger partial charge in [0.2, 0.25) is 11.8 Å². The van der Waals surface area contributed by atoms with Crippen LogP contribution in [0.15, 0.2) is 22.2 Å². The van der Waals surface area contributed by atoms with Crippen molar-refractivity contribution in [3.05, 3.63) is 22.2 Å². The first-order chi connectivity index (χ1) is 17.1. The van der Waals surface area contributed by atoms with E-state index in [-0.39, 0.29) is 36.6 Å². The molecule has 4 aliphatic rings. The Morgan fingerprint density at radius 1 is 0.919 bits per heavy atom. The molecule has 0 aromatic carbocycles. The number of fused-ring (bicyclic) bond motifs is 2. The third-order valence-electron chi connectivity index (χ3n) is 6.55. The van der Waals surface area contributed by atoms with Crippen molar-refractivity contribution in [1.82, 2.24) is 20.4 Å². The Labute approximate surface area is 216 Å². The SMILES string of the molecule is CN[C@@H]1C(=O)N2C(C(C)=O)=C(Cl)CCC12.CN[C@@H]1C(=O)N2C(C(C)=O)=C(OS(=O)(=O)C(F)(F)F)CCC12. The lowest BCUT2D eigenvalue weighted by atomic mass is 9.85. The minimum absolute atomic E-state index is 0.0504. The van der Waals surface area contributed by atoms with E-state index in [0.29, 0.717) is 17.2 Å². The number of nitrogens with zero attached hydrogens (tertiary/aromatic N) is 2. The maximum Gasteiger partial charge on any atom is 0.534 e. The molecule has 11 nitrogen and oxygen atoms in total. The molecule has 4 aliphatic heterocycles. The normalized spacial score (nSPS) is 27.5. The zero-order valence-electron chi connectivity index (χ0n) is 20.3. The van der Waals surface area contributed by atoms with Crippen LogP contribution in [0.4, 0.5) is 13.2 Å². The van der Waals surface area contributed by atoms with Gasteiger partial charge in [-0.2, -0.15) is 21.6 Å². The zero-order valence-corrected chi connectivity index (χ0v) is 21.9. The number of alkyl halides is 3. The summed E-state index contributed by atoms with van der Waals surface area (Å²) in [5.41, 5.74) is -5.64. The standard InChI is InChI=1S/C11H13F3N2O5S.C10H13ClN2O2/c1-5(17)9-7(21-22(19,20)11(12,13)14)4-3-6-8(15-2)10(18)16(6)9;1-5(14)9-6(11)3-4-7-8(12-2)10(15)13(7)9/h6,8,15H,3-4H2,1-2H3;7-8,12H,3-4H2,1-2H3/t6?,8-;7?,8-/m00/s1. The molecule has 4 rings (SSSR count). The Bertz CT molecular complexity index is 1200. The molecule has 0 spiro atoms. The number of halogens is 4. The highest BCUT2D eigenvalue weighted by molar-refractivity contribution is 7.87. The topological polar surface area (TPSA) is 142 Å². The number of carbonyl (C=O) groups excluding carboxylic acids is 4. The van der Waals surface area contributed by atoms with Crippen LogP contribution >= 0.6 is 11.6 Å². The summed E-state index contributed by atoms with van der Waals surface area (Å²) in [6.07, 6.45) is 1.52. The van der Waals surface area contributed by atoms with Crippen molar-refractivity contribution in [3.8, 4) is 0 Å². The molecule has 2 amide bonds. The first-order valence-corrected chi connectivity index (χ1v) is 13.0. The molecule has 206 valence electrons. The zero-order chi connectivity index (χ0) is 28.0. The highest BCUT2D eigenvalue weighted by Crippen LogP contribution is 2.40. The Morgan fingerprint density at radius 2 is 1.35 bits per heavy atom. The monoisotopic (exact) mass is 570 g/mol. The lowest BCUT2D eigenvalue weighted by molar-refractivity contribution is -0.151. The van der Waals surface area contributed by atoms with Gasteiger partial charge in [0.15, 0.2) is 11.6 Å². The summed E-state index contributed by atoms with van der Waals surface area (Å²) in [4.78, 5) is 49.2. The first-order valence-electron chi connectivity index (χ1n) is 11.2. The molecule has 2 fully saturated rings. The minimum Gasteiger partial charge on any atom is -0.378 e. The van der Waals surface area contributed by atoms with E-state index in [9.17, 15) is 40.8 Å². The number of nitrogens with one attached hydrogen (secondary N) is 2. The molecule has 0 aromatic heterocycles.